The highest BCUT2D eigenvalue weighted by Gasteiger charge is 2.42. The van der Waals surface area contributed by atoms with Gasteiger partial charge in [-0.2, -0.15) is 4.31 Å². The number of thiazole rings is 1. The van der Waals surface area contributed by atoms with E-state index in [4.69, 9.17) is 14.5 Å². The molecule has 2 aliphatic rings. The first-order valence-corrected chi connectivity index (χ1v) is 15.6. The molecule has 0 aliphatic carbocycles. The number of morpholine rings is 1. The Morgan fingerprint density at radius 3 is 2.69 bits per heavy atom. The number of anilines is 1. The molecule has 2 aliphatic heterocycles. The van der Waals surface area contributed by atoms with E-state index >= 15 is 0 Å². The number of ether oxygens (including phenoxy) is 2. The van der Waals surface area contributed by atoms with Gasteiger partial charge in [0, 0.05) is 32.7 Å². The number of rotatable bonds is 10. The van der Waals surface area contributed by atoms with Crippen LogP contribution in [0, 0.1) is 5.82 Å². The monoisotopic (exact) mass is 576 g/mol. The van der Waals surface area contributed by atoms with E-state index in [0.29, 0.717) is 62.0 Å². The van der Waals surface area contributed by atoms with Crippen molar-refractivity contribution in [2.45, 2.75) is 37.1 Å². The summed E-state index contributed by atoms with van der Waals surface area (Å²) in [6.07, 6.45) is 1.68. The van der Waals surface area contributed by atoms with Crippen molar-refractivity contribution in [2.75, 3.05) is 57.4 Å². The average molecular weight is 577 g/mol. The molecule has 1 amide bonds. The molecule has 1 atom stereocenters. The van der Waals surface area contributed by atoms with Crippen LogP contribution < -0.4 is 9.64 Å². The smallest absolute Gasteiger partial charge is 0.247 e. The van der Waals surface area contributed by atoms with Crippen LogP contribution >= 0.6 is 11.3 Å². The number of para-hydroxylation sites is 1. The number of benzene rings is 2. The second-order valence-electron chi connectivity index (χ2n) is 9.56. The van der Waals surface area contributed by atoms with Crippen molar-refractivity contribution >= 4 is 42.6 Å². The molecular weight excluding hydrogens is 543 g/mol. The maximum absolute atomic E-state index is 14.1. The van der Waals surface area contributed by atoms with Gasteiger partial charge in [-0.05, 0) is 62.6 Å². The number of hydrogen-bond donors (Lipinski definition) is 0. The first-order chi connectivity index (χ1) is 18.9. The fourth-order valence-electron chi connectivity index (χ4n) is 5.07. The molecule has 0 bridgehead atoms. The van der Waals surface area contributed by atoms with Crippen LogP contribution in [0.3, 0.4) is 0 Å². The lowest BCUT2D eigenvalue weighted by molar-refractivity contribution is -0.121. The van der Waals surface area contributed by atoms with E-state index in [1.165, 1.54) is 27.8 Å². The Morgan fingerprint density at radius 2 is 1.95 bits per heavy atom. The first kappa shape index (κ1) is 27.9. The molecule has 39 heavy (non-hydrogen) atoms. The highest BCUT2D eigenvalue weighted by Crippen LogP contribution is 2.36. The van der Waals surface area contributed by atoms with Gasteiger partial charge in [0.05, 0.1) is 29.4 Å². The standard InChI is InChI=1S/C27H33FN4O5S2/c1-2-37-23-7-3-8-24-25(23)29-27(38-24)31(14-5-13-30-16-18-36-19-17-30)26(33)22-6-4-15-32(22)39(34,35)21-11-9-20(28)10-12-21/h3,7-12,22H,2,4-6,13-19H2,1H3. The lowest BCUT2D eigenvalue weighted by Crippen LogP contribution is -2.48. The molecule has 2 saturated heterocycles. The number of fused-ring (bicyclic) bond motifs is 1. The number of halogens is 1. The molecule has 0 spiro atoms. The molecule has 1 aromatic heterocycles. The number of carbonyl (C=O) groups is 1. The SMILES string of the molecule is CCOc1cccc2sc(N(CCCN3CCOCC3)C(=O)C3CCCN3S(=O)(=O)c3ccc(F)cc3)nc12. The Labute approximate surface area is 232 Å². The van der Waals surface area contributed by atoms with E-state index in [1.54, 1.807) is 4.90 Å². The summed E-state index contributed by atoms with van der Waals surface area (Å²) in [7, 11) is -3.98. The fourth-order valence-corrected chi connectivity index (χ4v) is 7.74. The van der Waals surface area contributed by atoms with Crippen molar-refractivity contribution < 1.29 is 27.1 Å². The van der Waals surface area contributed by atoms with E-state index < -0.39 is 21.9 Å². The molecule has 3 heterocycles. The topological polar surface area (TPSA) is 92.3 Å². The van der Waals surface area contributed by atoms with Crippen LogP contribution in [0.25, 0.3) is 10.2 Å². The van der Waals surface area contributed by atoms with Crippen molar-refractivity contribution in [3.8, 4) is 5.75 Å². The Balaban J connectivity index is 1.43. The summed E-state index contributed by atoms with van der Waals surface area (Å²) in [6, 6.07) is 9.56. The Hall–Kier alpha value is -2.64. The second-order valence-corrected chi connectivity index (χ2v) is 12.5. The van der Waals surface area contributed by atoms with Crippen molar-refractivity contribution in [3.05, 3.63) is 48.3 Å². The van der Waals surface area contributed by atoms with Gasteiger partial charge in [-0.1, -0.05) is 17.4 Å². The van der Waals surface area contributed by atoms with Gasteiger partial charge in [-0.3, -0.25) is 14.6 Å². The normalized spacial score (nSPS) is 19.0. The third-order valence-corrected chi connectivity index (χ3v) is 10.0. The zero-order chi connectivity index (χ0) is 27.4. The van der Waals surface area contributed by atoms with Crippen LogP contribution in [0.5, 0.6) is 5.75 Å². The van der Waals surface area contributed by atoms with E-state index in [-0.39, 0.29) is 17.3 Å². The minimum atomic E-state index is -3.98. The molecule has 0 radical (unpaired) electrons. The third-order valence-electron chi connectivity index (χ3n) is 7.04. The molecule has 0 saturated carbocycles. The quantitative estimate of drug-likeness (QED) is 0.363. The molecule has 12 heteroatoms. The molecule has 9 nitrogen and oxygen atoms in total. The lowest BCUT2D eigenvalue weighted by atomic mass is 10.2. The van der Waals surface area contributed by atoms with Gasteiger partial charge in [0.25, 0.3) is 0 Å². The maximum atomic E-state index is 14.1. The van der Waals surface area contributed by atoms with Crippen LogP contribution in [0.1, 0.15) is 26.2 Å². The van der Waals surface area contributed by atoms with Crippen LogP contribution in [-0.4, -0.2) is 87.1 Å². The van der Waals surface area contributed by atoms with Crippen molar-refractivity contribution in [2.24, 2.45) is 0 Å². The zero-order valence-electron chi connectivity index (χ0n) is 21.9. The van der Waals surface area contributed by atoms with Gasteiger partial charge in [0.15, 0.2) is 5.13 Å². The molecule has 2 aromatic carbocycles. The van der Waals surface area contributed by atoms with E-state index in [0.717, 1.165) is 36.5 Å². The highest BCUT2D eigenvalue weighted by atomic mass is 32.2. The van der Waals surface area contributed by atoms with Gasteiger partial charge in [-0.15, -0.1) is 0 Å². The molecule has 210 valence electrons. The summed E-state index contributed by atoms with van der Waals surface area (Å²) in [6.45, 7) is 6.91. The summed E-state index contributed by atoms with van der Waals surface area (Å²) < 4.78 is 53.8. The van der Waals surface area contributed by atoms with Crippen molar-refractivity contribution in [1.29, 1.82) is 0 Å². The second kappa shape index (κ2) is 12.3. The lowest BCUT2D eigenvalue weighted by Gasteiger charge is -2.30. The molecule has 5 rings (SSSR count). The molecular formula is C27H33FN4O5S2. The summed E-state index contributed by atoms with van der Waals surface area (Å²) in [5.74, 6) is -0.159. The molecule has 2 fully saturated rings. The third kappa shape index (κ3) is 6.09. The van der Waals surface area contributed by atoms with Crippen molar-refractivity contribution in [3.63, 3.8) is 0 Å². The van der Waals surface area contributed by atoms with Gasteiger partial charge >= 0.3 is 0 Å². The minimum Gasteiger partial charge on any atom is -0.492 e. The van der Waals surface area contributed by atoms with Gasteiger partial charge in [0.2, 0.25) is 15.9 Å². The first-order valence-electron chi connectivity index (χ1n) is 13.3. The van der Waals surface area contributed by atoms with E-state index in [2.05, 4.69) is 4.90 Å². The molecule has 0 N–H and O–H groups in total. The maximum Gasteiger partial charge on any atom is 0.247 e. The number of amides is 1. The van der Waals surface area contributed by atoms with Crippen LogP contribution in [0.15, 0.2) is 47.4 Å². The van der Waals surface area contributed by atoms with Crippen LogP contribution in [-0.2, 0) is 19.6 Å². The summed E-state index contributed by atoms with van der Waals surface area (Å²) in [5.41, 5.74) is 0.688. The Bertz CT molecular complexity index is 1390. The number of hydrogen-bond acceptors (Lipinski definition) is 8. The highest BCUT2D eigenvalue weighted by molar-refractivity contribution is 7.89. The van der Waals surface area contributed by atoms with E-state index in [9.17, 15) is 17.6 Å². The number of aromatic nitrogens is 1. The number of nitrogens with zero attached hydrogens (tertiary/aromatic N) is 4. The summed E-state index contributed by atoms with van der Waals surface area (Å²) in [5, 5.41) is 0.523. The Kier molecular flexibility index (Phi) is 8.77. The van der Waals surface area contributed by atoms with Crippen molar-refractivity contribution in [1.82, 2.24) is 14.2 Å². The van der Waals surface area contributed by atoms with Crippen LogP contribution in [0.4, 0.5) is 9.52 Å². The van der Waals surface area contributed by atoms with Gasteiger partial charge in [-0.25, -0.2) is 17.8 Å². The summed E-state index contributed by atoms with van der Waals surface area (Å²) in [4.78, 5) is 22.8. The predicted octanol–water partition coefficient (Wildman–Crippen LogP) is 3.74. The predicted molar refractivity (Wildman–Crippen MR) is 148 cm³/mol. The number of sulfonamides is 1. The number of carbonyl (C=O) groups excluding carboxylic acids is 1. The van der Waals surface area contributed by atoms with Gasteiger partial charge < -0.3 is 9.47 Å². The van der Waals surface area contributed by atoms with Gasteiger partial charge in [0.1, 0.15) is 23.1 Å². The van der Waals surface area contributed by atoms with E-state index in [1.807, 2.05) is 25.1 Å². The van der Waals surface area contributed by atoms with Crippen LogP contribution in [0.2, 0.25) is 0 Å². The Morgan fingerprint density at radius 1 is 1.18 bits per heavy atom. The zero-order valence-corrected chi connectivity index (χ0v) is 23.6. The molecule has 3 aromatic rings. The minimum absolute atomic E-state index is 0.0242. The summed E-state index contributed by atoms with van der Waals surface area (Å²) >= 11 is 1.40. The average Bonchev–Trinajstić information content (AvgIpc) is 3.61. The molecule has 1 unspecified atom stereocenters. The largest absolute Gasteiger partial charge is 0.492 e. The fraction of sp³-hybridized carbons (Fsp3) is 0.481.